The minimum absolute atomic E-state index is 0.0513. The van der Waals surface area contributed by atoms with Crippen LogP contribution in [0.1, 0.15) is 59.3 Å². The van der Waals surface area contributed by atoms with E-state index in [1.807, 2.05) is 0 Å². The highest BCUT2D eigenvalue weighted by Gasteiger charge is 2.59. The zero-order valence-electron chi connectivity index (χ0n) is 19.8. The van der Waals surface area contributed by atoms with Crippen LogP contribution in [0.15, 0.2) is 0 Å². The molecule has 2 N–H and O–H groups in total. The topological polar surface area (TPSA) is 63.2 Å². The van der Waals surface area contributed by atoms with Gasteiger partial charge in [-0.05, 0) is 70.5 Å². The quantitative estimate of drug-likeness (QED) is 0.659. The van der Waals surface area contributed by atoms with E-state index in [4.69, 9.17) is 14.2 Å². The van der Waals surface area contributed by atoms with Gasteiger partial charge in [0.2, 0.25) is 5.79 Å². The van der Waals surface area contributed by atoms with Crippen LogP contribution in [0.5, 0.6) is 0 Å². The van der Waals surface area contributed by atoms with Gasteiger partial charge in [-0.3, -0.25) is 0 Å². The molecular weight excluding hydrogens is 399 g/mol. The van der Waals surface area contributed by atoms with Crippen molar-refractivity contribution in [1.29, 1.82) is 0 Å². The van der Waals surface area contributed by atoms with Gasteiger partial charge >= 0.3 is 0 Å². The van der Waals surface area contributed by atoms with Crippen LogP contribution in [-0.2, 0) is 14.2 Å². The first-order chi connectivity index (χ1) is 14.8. The molecule has 180 valence electrons. The van der Waals surface area contributed by atoms with Crippen molar-refractivity contribution in [3.05, 3.63) is 0 Å². The minimum Gasteiger partial charge on any atom is -0.366 e. The van der Waals surface area contributed by atoms with Gasteiger partial charge in [0.25, 0.3) is 0 Å². The molecule has 8 atom stereocenters. The van der Waals surface area contributed by atoms with Gasteiger partial charge in [-0.1, -0.05) is 20.3 Å². The molecule has 7 heteroatoms. The molecule has 4 rings (SSSR count). The molecule has 0 radical (unpaired) electrons. The summed E-state index contributed by atoms with van der Waals surface area (Å²) < 4.78 is 33.3. The summed E-state index contributed by atoms with van der Waals surface area (Å²) in [6.07, 6.45) is 5.32. The Hall–Kier alpha value is -0.310. The van der Waals surface area contributed by atoms with Gasteiger partial charge in [0.05, 0.1) is 6.61 Å². The average Bonchev–Trinajstić information content (AvgIpc) is 2.89. The summed E-state index contributed by atoms with van der Waals surface area (Å²) in [5, 5.41) is 14.2. The van der Waals surface area contributed by atoms with Crippen LogP contribution in [0, 0.1) is 29.6 Å². The zero-order valence-corrected chi connectivity index (χ0v) is 19.8. The molecule has 1 saturated carbocycles. The summed E-state index contributed by atoms with van der Waals surface area (Å²) in [4.78, 5) is 2.33. The highest BCUT2D eigenvalue weighted by atomic mass is 19.1. The molecule has 3 unspecified atom stereocenters. The lowest BCUT2D eigenvalue weighted by molar-refractivity contribution is -0.414. The van der Waals surface area contributed by atoms with Crippen LogP contribution in [0.2, 0.25) is 0 Å². The Bertz CT molecular complexity index is 602. The normalized spacial score (nSPS) is 46.5. The lowest BCUT2D eigenvalue weighted by Gasteiger charge is -2.56. The maximum atomic E-state index is 14.6. The lowest BCUT2D eigenvalue weighted by Crippen LogP contribution is -2.62. The monoisotopic (exact) mass is 442 g/mol. The smallest absolute Gasteiger partial charge is 0.202 e. The van der Waals surface area contributed by atoms with Crippen molar-refractivity contribution in [2.24, 2.45) is 29.6 Å². The number of hydrogen-bond donors (Lipinski definition) is 2. The van der Waals surface area contributed by atoms with E-state index in [9.17, 15) is 9.50 Å². The van der Waals surface area contributed by atoms with Crippen molar-refractivity contribution in [3.8, 4) is 0 Å². The van der Waals surface area contributed by atoms with Crippen LogP contribution < -0.4 is 5.32 Å². The third-order valence-corrected chi connectivity index (χ3v) is 8.86. The zero-order chi connectivity index (χ0) is 22.2. The van der Waals surface area contributed by atoms with E-state index in [1.54, 1.807) is 6.92 Å². The summed E-state index contributed by atoms with van der Waals surface area (Å²) in [6.45, 7) is 8.67. The Morgan fingerprint density at radius 1 is 1.10 bits per heavy atom. The molecule has 3 saturated heterocycles. The molecule has 0 bridgehead atoms. The molecule has 3 heterocycles. The third kappa shape index (κ3) is 4.82. The number of ether oxygens (including phenoxy) is 3. The molecule has 0 amide bonds. The van der Waals surface area contributed by atoms with Crippen LogP contribution in [0.3, 0.4) is 0 Å². The molecule has 0 aromatic heterocycles. The first kappa shape index (κ1) is 23.8. The minimum atomic E-state index is -1.30. The van der Waals surface area contributed by atoms with Crippen molar-refractivity contribution in [2.45, 2.75) is 83.2 Å². The molecule has 4 fully saturated rings. The number of hydrogen-bond acceptors (Lipinski definition) is 6. The predicted molar refractivity (Wildman–Crippen MR) is 117 cm³/mol. The number of nitrogens with one attached hydrogen (secondary N) is 1. The van der Waals surface area contributed by atoms with Crippen molar-refractivity contribution >= 4 is 0 Å². The van der Waals surface area contributed by atoms with Gasteiger partial charge in [-0.25, -0.2) is 4.39 Å². The van der Waals surface area contributed by atoms with Gasteiger partial charge in [-0.2, -0.15) is 0 Å². The van der Waals surface area contributed by atoms with Crippen molar-refractivity contribution in [2.75, 3.05) is 40.0 Å². The lowest BCUT2D eigenvalue weighted by atomic mass is 9.60. The summed E-state index contributed by atoms with van der Waals surface area (Å²) in [7, 11) is 2.13. The van der Waals surface area contributed by atoms with Gasteiger partial charge < -0.3 is 29.5 Å². The second-order valence-corrected chi connectivity index (χ2v) is 10.8. The van der Waals surface area contributed by atoms with Gasteiger partial charge in [0.15, 0.2) is 12.1 Å². The number of aliphatic hydroxyl groups is 1. The highest BCUT2D eigenvalue weighted by Crippen LogP contribution is 2.55. The first-order valence-corrected chi connectivity index (χ1v) is 12.5. The number of likely N-dealkylation sites (N-methyl/N-ethyl adjacent to an activating group) is 1. The van der Waals surface area contributed by atoms with Crippen molar-refractivity contribution in [1.82, 2.24) is 10.2 Å². The number of halogens is 1. The van der Waals surface area contributed by atoms with Crippen LogP contribution in [0.25, 0.3) is 0 Å². The Morgan fingerprint density at radius 3 is 2.55 bits per heavy atom. The fraction of sp³-hybridized carbons (Fsp3) is 1.00. The number of alkyl halides is 1. The van der Waals surface area contributed by atoms with E-state index in [0.717, 1.165) is 51.7 Å². The van der Waals surface area contributed by atoms with E-state index in [1.165, 1.54) is 0 Å². The van der Waals surface area contributed by atoms with E-state index >= 15 is 0 Å². The summed E-state index contributed by atoms with van der Waals surface area (Å²) in [5.74, 6) is -1.13. The van der Waals surface area contributed by atoms with E-state index < -0.39 is 24.5 Å². The number of nitrogens with zero attached hydrogens (tertiary/aromatic N) is 1. The SMILES string of the molecule is C[C@@H]1CC[C@@H]2C3C1CCC(C)(O)O[C@H]3O[C@](CF)(OCCN(C)C1CCNCC1)[C@@H]2C. The molecule has 4 aliphatic rings. The fourth-order valence-corrected chi connectivity index (χ4v) is 6.73. The first-order valence-electron chi connectivity index (χ1n) is 12.5. The van der Waals surface area contributed by atoms with Crippen molar-refractivity contribution < 1.29 is 23.7 Å². The maximum Gasteiger partial charge on any atom is 0.202 e. The average molecular weight is 443 g/mol. The summed E-state index contributed by atoms with van der Waals surface area (Å²) >= 11 is 0. The van der Waals surface area contributed by atoms with Crippen LogP contribution in [-0.4, -0.2) is 73.9 Å². The number of piperidine rings is 1. The molecule has 3 aliphatic heterocycles. The molecule has 6 nitrogen and oxygen atoms in total. The predicted octanol–water partition coefficient (Wildman–Crippen LogP) is 3.14. The molecule has 0 aromatic rings. The van der Waals surface area contributed by atoms with E-state index in [0.29, 0.717) is 30.9 Å². The second kappa shape index (κ2) is 9.51. The Morgan fingerprint density at radius 2 is 1.84 bits per heavy atom. The molecule has 0 aromatic carbocycles. The Balaban J connectivity index is 1.47. The summed E-state index contributed by atoms with van der Waals surface area (Å²) in [6, 6.07) is 0.543. The molecule has 1 aliphatic carbocycles. The molecule has 0 spiro atoms. The van der Waals surface area contributed by atoms with Gasteiger partial charge in [0, 0.05) is 30.8 Å². The van der Waals surface area contributed by atoms with Gasteiger partial charge in [0.1, 0.15) is 6.67 Å². The van der Waals surface area contributed by atoms with Gasteiger partial charge in [-0.15, -0.1) is 0 Å². The van der Waals surface area contributed by atoms with Crippen molar-refractivity contribution in [3.63, 3.8) is 0 Å². The molecular formula is C24H43FN2O4. The molecule has 31 heavy (non-hydrogen) atoms. The fourth-order valence-electron chi connectivity index (χ4n) is 6.73. The summed E-state index contributed by atoms with van der Waals surface area (Å²) in [5.41, 5.74) is 0. The standard InChI is InChI=1S/C24H43FN2O4/c1-16-5-6-20-17(2)24(15-25,29-14-13-27(4)18-8-11-26-12-9-18)31-22-21(20)19(16)7-10-23(3,28)30-22/h16-22,26,28H,5-15H2,1-4H3/t16-,17-,19?,20+,21?,22+,23?,24+/m1/s1. The Labute approximate surface area is 187 Å². The van der Waals surface area contributed by atoms with Crippen LogP contribution >= 0.6 is 0 Å². The second-order valence-electron chi connectivity index (χ2n) is 10.8. The highest BCUT2D eigenvalue weighted by molar-refractivity contribution is 5.00. The third-order valence-electron chi connectivity index (χ3n) is 8.86. The van der Waals surface area contributed by atoms with E-state index in [-0.39, 0.29) is 17.8 Å². The largest absolute Gasteiger partial charge is 0.366 e. The Kier molecular flexibility index (Phi) is 7.31. The maximum absolute atomic E-state index is 14.6. The van der Waals surface area contributed by atoms with E-state index in [2.05, 4.69) is 31.1 Å². The van der Waals surface area contributed by atoms with Crippen LogP contribution in [0.4, 0.5) is 4.39 Å². The number of rotatable bonds is 6.